The van der Waals surface area contributed by atoms with E-state index in [1.54, 1.807) is 7.05 Å². The maximum absolute atomic E-state index is 11.5. The topological polar surface area (TPSA) is 118 Å². The van der Waals surface area contributed by atoms with Crippen molar-refractivity contribution < 1.29 is 19.7 Å². The molecule has 0 saturated carbocycles. The Bertz CT molecular complexity index is 439. The predicted molar refractivity (Wildman–Crippen MR) is 69.5 cm³/mol. The van der Waals surface area contributed by atoms with E-state index in [0.717, 1.165) is 0 Å². The molecular weight excluding hydrogens is 250 g/mol. The summed E-state index contributed by atoms with van der Waals surface area (Å²) in [5.74, 6) is -0.615. The molecular formula is C12H19N3O4. The van der Waals surface area contributed by atoms with Gasteiger partial charge in [-0.25, -0.2) is 9.78 Å². The summed E-state index contributed by atoms with van der Waals surface area (Å²) in [4.78, 5) is 15.3. The van der Waals surface area contributed by atoms with Gasteiger partial charge in [0.15, 0.2) is 0 Å². The zero-order valence-corrected chi connectivity index (χ0v) is 11.0. The van der Waals surface area contributed by atoms with E-state index in [1.165, 1.54) is 19.4 Å². The van der Waals surface area contributed by atoms with Gasteiger partial charge in [0, 0.05) is 11.8 Å². The van der Waals surface area contributed by atoms with Crippen LogP contribution in [0.25, 0.3) is 0 Å². The number of rotatable bonds is 6. The molecule has 0 saturated heterocycles. The predicted octanol–water partition coefficient (Wildman–Crippen LogP) is -0.546. The second-order valence-electron chi connectivity index (χ2n) is 4.10. The van der Waals surface area contributed by atoms with Gasteiger partial charge in [-0.15, -0.1) is 0 Å². The molecule has 1 heterocycles. The van der Waals surface area contributed by atoms with E-state index in [-0.39, 0.29) is 11.4 Å². The summed E-state index contributed by atoms with van der Waals surface area (Å²) < 4.78 is 4.56. The van der Waals surface area contributed by atoms with E-state index < -0.39 is 18.2 Å². The van der Waals surface area contributed by atoms with E-state index in [0.29, 0.717) is 18.5 Å². The number of hydrogen-bond acceptors (Lipinski definition) is 7. The third kappa shape index (κ3) is 3.88. The largest absolute Gasteiger partial charge is 0.465 e. The number of nitrogens with zero attached hydrogens (tertiary/aromatic N) is 1. The molecule has 0 radical (unpaired) electrons. The van der Waals surface area contributed by atoms with Gasteiger partial charge < -0.3 is 26.0 Å². The lowest BCUT2D eigenvalue weighted by Gasteiger charge is -2.18. The first-order valence-electron chi connectivity index (χ1n) is 5.85. The first-order chi connectivity index (χ1) is 9.01. The molecule has 1 aromatic rings. The van der Waals surface area contributed by atoms with Gasteiger partial charge in [0.2, 0.25) is 0 Å². The molecule has 0 amide bonds. The van der Waals surface area contributed by atoms with Crippen molar-refractivity contribution in [2.45, 2.75) is 18.6 Å². The van der Waals surface area contributed by atoms with Crippen LogP contribution >= 0.6 is 0 Å². The van der Waals surface area contributed by atoms with E-state index in [4.69, 9.17) is 5.73 Å². The second kappa shape index (κ2) is 7.03. The third-order valence-corrected chi connectivity index (χ3v) is 2.74. The SMILES string of the molecule is CNCCC(O)C(O)c1cnc(N)c(C(=O)OC)c1. The van der Waals surface area contributed by atoms with Crippen molar-refractivity contribution in [3.05, 3.63) is 23.4 Å². The number of aromatic nitrogens is 1. The number of carbonyl (C=O) groups excluding carboxylic acids is 1. The van der Waals surface area contributed by atoms with Crippen LogP contribution in [0.15, 0.2) is 12.3 Å². The fraction of sp³-hybridized carbons (Fsp3) is 0.500. The fourth-order valence-corrected chi connectivity index (χ4v) is 1.60. The van der Waals surface area contributed by atoms with Crippen LogP contribution in [-0.2, 0) is 4.74 Å². The molecule has 0 aromatic carbocycles. The molecule has 2 atom stereocenters. The van der Waals surface area contributed by atoms with Gasteiger partial charge >= 0.3 is 5.97 Å². The molecule has 0 aliphatic carbocycles. The number of aliphatic hydroxyl groups excluding tert-OH is 2. The van der Waals surface area contributed by atoms with Crippen molar-refractivity contribution >= 4 is 11.8 Å². The van der Waals surface area contributed by atoms with Crippen LogP contribution in [0, 0.1) is 0 Å². The summed E-state index contributed by atoms with van der Waals surface area (Å²) in [6.45, 7) is 0.560. The number of hydrogen-bond donors (Lipinski definition) is 4. The van der Waals surface area contributed by atoms with Crippen molar-refractivity contribution in [3.63, 3.8) is 0 Å². The number of carbonyl (C=O) groups is 1. The van der Waals surface area contributed by atoms with Gasteiger partial charge in [-0.3, -0.25) is 0 Å². The summed E-state index contributed by atoms with van der Waals surface area (Å²) in [6, 6.07) is 1.38. The van der Waals surface area contributed by atoms with Crippen molar-refractivity contribution in [2.75, 3.05) is 26.4 Å². The van der Waals surface area contributed by atoms with Crippen molar-refractivity contribution in [1.82, 2.24) is 10.3 Å². The maximum atomic E-state index is 11.5. The molecule has 2 unspecified atom stereocenters. The van der Waals surface area contributed by atoms with E-state index >= 15 is 0 Å². The Morgan fingerprint density at radius 1 is 1.58 bits per heavy atom. The van der Waals surface area contributed by atoms with E-state index in [1.807, 2.05) is 0 Å². The lowest BCUT2D eigenvalue weighted by atomic mass is 10.0. The van der Waals surface area contributed by atoms with Crippen LogP contribution in [0.4, 0.5) is 5.82 Å². The van der Waals surface area contributed by atoms with Gasteiger partial charge in [-0.1, -0.05) is 0 Å². The monoisotopic (exact) mass is 269 g/mol. The molecule has 5 N–H and O–H groups in total. The Hall–Kier alpha value is -1.70. The number of ether oxygens (including phenoxy) is 1. The molecule has 1 aromatic heterocycles. The Kier molecular flexibility index (Phi) is 5.68. The number of nitrogens with two attached hydrogens (primary N) is 1. The summed E-state index contributed by atoms with van der Waals surface area (Å²) in [7, 11) is 2.98. The van der Waals surface area contributed by atoms with E-state index in [9.17, 15) is 15.0 Å². The number of aliphatic hydroxyl groups is 2. The summed E-state index contributed by atoms with van der Waals surface area (Å²) in [5, 5.41) is 22.6. The average molecular weight is 269 g/mol. The fourth-order valence-electron chi connectivity index (χ4n) is 1.60. The summed E-state index contributed by atoms with van der Waals surface area (Å²) >= 11 is 0. The van der Waals surface area contributed by atoms with Crippen LogP contribution in [-0.4, -0.2) is 48.0 Å². The quantitative estimate of drug-likeness (QED) is 0.512. The van der Waals surface area contributed by atoms with Crippen LogP contribution in [0.1, 0.15) is 28.4 Å². The second-order valence-corrected chi connectivity index (χ2v) is 4.10. The average Bonchev–Trinajstić information content (AvgIpc) is 2.43. The van der Waals surface area contributed by atoms with Crippen LogP contribution in [0.3, 0.4) is 0 Å². The zero-order chi connectivity index (χ0) is 14.4. The Labute approximate surface area is 111 Å². The Morgan fingerprint density at radius 2 is 2.26 bits per heavy atom. The third-order valence-electron chi connectivity index (χ3n) is 2.74. The number of nitrogens with one attached hydrogen (secondary N) is 1. The molecule has 0 aliphatic heterocycles. The number of nitrogen functional groups attached to an aromatic ring is 1. The molecule has 0 aliphatic rings. The minimum absolute atomic E-state index is 0.0208. The lowest BCUT2D eigenvalue weighted by molar-refractivity contribution is 0.0137. The van der Waals surface area contributed by atoms with Crippen molar-refractivity contribution in [2.24, 2.45) is 0 Å². The first kappa shape index (κ1) is 15.4. The highest BCUT2D eigenvalue weighted by molar-refractivity contribution is 5.94. The maximum Gasteiger partial charge on any atom is 0.341 e. The minimum atomic E-state index is -1.13. The lowest BCUT2D eigenvalue weighted by Crippen LogP contribution is -2.24. The molecule has 106 valence electrons. The molecule has 19 heavy (non-hydrogen) atoms. The normalized spacial score (nSPS) is 13.9. The summed E-state index contributed by atoms with van der Waals surface area (Å²) in [5.41, 5.74) is 5.94. The molecule has 0 bridgehead atoms. The molecule has 0 spiro atoms. The van der Waals surface area contributed by atoms with Gasteiger partial charge in [0.25, 0.3) is 0 Å². The highest BCUT2D eigenvalue weighted by atomic mass is 16.5. The zero-order valence-electron chi connectivity index (χ0n) is 11.0. The summed E-state index contributed by atoms with van der Waals surface area (Å²) in [6.07, 6.45) is -0.391. The van der Waals surface area contributed by atoms with Crippen LogP contribution < -0.4 is 11.1 Å². The van der Waals surface area contributed by atoms with Crippen molar-refractivity contribution in [1.29, 1.82) is 0 Å². The molecule has 0 fully saturated rings. The highest BCUT2D eigenvalue weighted by Crippen LogP contribution is 2.21. The molecule has 7 nitrogen and oxygen atoms in total. The smallest absolute Gasteiger partial charge is 0.341 e. The molecule has 1 rings (SSSR count). The van der Waals surface area contributed by atoms with Gasteiger partial charge in [-0.2, -0.15) is 0 Å². The first-order valence-corrected chi connectivity index (χ1v) is 5.85. The number of methoxy groups -OCH3 is 1. The van der Waals surface area contributed by atoms with Gasteiger partial charge in [0.05, 0.1) is 13.2 Å². The van der Waals surface area contributed by atoms with Gasteiger partial charge in [-0.05, 0) is 26.1 Å². The Balaban J connectivity index is 2.92. The van der Waals surface area contributed by atoms with Crippen LogP contribution in [0.5, 0.6) is 0 Å². The number of pyridine rings is 1. The van der Waals surface area contributed by atoms with Crippen LogP contribution in [0.2, 0.25) is 0 Å². The standard InChI is InChI=1S/C12H19N3O4/c1-14-4-3-9(16)10(17)7-5-8(12(18)19-2)11(13)15-6-7/h5-6,9-10,14,16-17H,3-4H2,1-2H3,(H2,13,15). The minimum Gasteiger partial charge on any atom is -0.465 e. The highest BCUT2D eigenvalue weighted by Gasteiger charge is 2.21. The van der Waals surface area contributed by atoms with E-state index in [2.05, 4.69) is 15.0 Å². The Morgan fingerprint density at radius 3 is 2.84 bits per heavy atom. The molecule has 7 heteroatoms. The van der Waals surface area contributed by atoms with Gasteiger partial charge in [0.1, 0.15) is 17.5 Å². The number of anilines is 1. The number of esters is 1. The van der Waals surface area contributed by atoms with Crippen molar-refractivity contribution in [3.8, 4) is 0 Å².